The SMILES string of the molecule is CC(=O)NCCCCCC1C(=O)C=CC1=O. The second-order valence-electron chi connectivity index (χ2n) is 4.02. The van der Waals surface area contributed by atoms with Crippen molar-refractivity contribution in [2.75, 3.05) is 6.54 Å². The van der Waals surface area contributed by atoms with E-state index in [4.69, 9.17) is 0 Å². The van der Waals surface area contributed by atoms with Gasteiger partial charge in [0.05, 0.1) is 5.92 Å². The lowest BCUT2D eigenvalue weighted by Gasteiger charge is -2.06. The lowest BCUT2D eigenvalue weighted by molar-refractivity contribution is -0.126. The van der Waals surface area contributed by atoms with Crippen molar-refractivity contribution in [1.29, 1.82) is 0 Å². The molecule has 0 heterocycles. The fourth-order valence-electron chi connectivity index (χ4n) is 1.74. The molecule has 1 N–H and O–H groups in total. The van der Waals surface area contributed by atoms with Gasteiger partial charge in [0.15, 0.2) is 11.6 Å². The van der Waals surface area contributed by atoms with E-state index in [1.807, 2.05) is 0 Å². The Morgan fingerprint density at radius 1 is 1.19 bits per heavy atom. The Morgan fingerprint density at radius 2 is 1.81 bits per heavy atom. The molecule has 1 amide bonds. The van der Waals surface area contributed by atoms with Crippen LogP contribution in [0.2, 0.25) is 0 Å². The normalized spacial score (nSPS) is 15.8. The van der Waals surface area contributed by atoms with Gasteiger partial charge < -0.3 is 5.32 Å². The minimum Gasteiger partial charge on any atom is -0.356 e. The molecule has 88 valence electrons. The molecule has 16 heavy (non-hydrogen) atoms. The molecule has 0 aromatic rings. The molecule has 4 nitrogen and oxygen atoms in total. The number of rotatable bonds is 6. The Balaban J connectivity index is 2.05. The highest BCUT2D eigenvalue weighted by Gasteiger charge is 2.26. The number of ketones is 2. The third-order valence-electron chi connectivity index (χ3n) is 2.64. The smallest absolute Gasteiger partial charge is 0.216 e. The largest absolute Gasteiger partial charge is 0.356 e. The fourth-order valence-corrected chi connectivity index (χ4v) is 1.74. The Morgan fingerprint density at radius 3 is 2.38 bits per heavy atom. The summed E-state index contributed by atoms with van der Waals surface area (Å²) in [6.07, 6.45) is 6.03. The van der Waals surface area contributed by atoms with Crippen LogP contribution in [0, 0.1) is 5.92 Å². The minimum atomic E-state index is -0.430. The van der Waals surface area contributed by atoms with Crippen molar-refractivity contribution in [2.45, 2.75) is 32.6 Å². The van der Waals surface area contributed by atoms with Gasteiger partial charge in [-0.05, 0) is 25.0 Å². The number of unbranched alkanes of at least 4 members (excludes halogenated alkanes) is 2. The van der Waals surface area contributed by atoms with E-state index in [1.54, 1.807) is 0 Å². The van der Waals surface area contributed by atoms with Crippen molar-refractivity contribution >= 4 is 17.5 Å². The average Bonchev–Trinajstić information content (AvgIpc) is 2.53. The van der Waals surface area contributed by atoms with Gasteiger partial charge in [0.1, 0.15) is 0 Å². The predicted octanol–water partition coefficient (Wildman–Crippen LogP) is 1.01. The van der Waals surface area contributed by atoms with Crippen LogP contribution in [0.25, 0.3) is 0 Å². The Hall–Kier alpha value is -1.45. The van der Waals surface area contributed by atoms with Gasteiger partial charge in [0.25, 0.3) is 0 Å². The maximum atomic E-state index is 11.2. The number of hydrogen-bond acceptors (Lipinski definition) is 3. The molecule has 0 saturated heterocycles. The monoisotopic (exact) mass is 223 g/mol. The molecule has 4 heteroatoms. The zero-order chi connectivity index (χ0) is 12.0. The Kier molecular flexibility index (Phi) is 4.89. The minimum absolute atomic E-state index is 0.0228. The van der Waals surface area contributed by atoms with Crippen LogP contribution in [0.5, 0.6) is 0 Å². The summed E-state index contributed by atoms with van der Waals surface area (Å²) in [5.41, 5.74) is 0. The molecule has 0 bridgehead atoms. The number of carbonyl (C=O) groups excluding carboxylic acids is 3. The number of nitrogens with one attached hydrogen (secondary N) is 1. The highest BCUT2D eigenvalue weighted by atomic mass is 16.2. The van der Waals surface area contributed by atoms with Crippen molar-refractivity contribution in [3.63, 3.8) is 0 Å². The van der Waals surface area contributed by atoms with Crippen molar-refractivity contribution in [3.05, 3.63) is 12.2 Å². The molecule has 1 aliphatic carbocycles. The van der Waals surface area contributed by atoms with E-state index < -0.39 is 5.92 Å². The quantitative estimate of drug-likeness (QED) is 0.540. The number of carbonyl (C=O) groups is 3. The van der Waals surface area contributed by atoms with E-state index >= 15 is 0 Å². The van der Waals surface area contributed by atoms with Crippen LogP contribution in [-0.2, 0) is 14.4 Å². The highest BCUT2D eigenvalue weighted by molar-refractivity contribution is 6.18. The van der Waals surface area contributed by atoms with Gasteiger partial charge >= 0.3 is 0 Å². The van der Waals surface area contributed by atoms with Crippen molar-refractivity contribution in [2.24, 2.45) is 5.92 Å². The van der Waals surface area contributed by atoms with E-state index in [0.717, 1.165) is 19.3 Å². The molecule has 1 rings (SSSR count). The predicted molar refractivity (Wildman–Crippen MR) is 59.8 cm³/mol. The molecule has 0 saturated carbocycles. The van der Waals surface area contributed by atoms with Crippen LogP contribution in [0.15, 0.2) is 12.2 Å². The first-order valence-electron chi connectivity index (χ1n) is 5.61. The summed E-state index contributed by atoms with van der Waals surface area (Å²) in [7, 11) is 0. The summed E-state index contributed by atoms with van der Waals surface area (Å²) >= 11 is 0. The topological polar surface area (TPSA) is 63.2 Å². The van der Waals surface area contributed by atoms with Crippen LogP contribution in [0.3, 0.4) is 0 Å². The number of hydrogen-bond donors (Lipinski definition) is 1. The molecular formula is C12H17NO3. The van der Waals surface area contributed by atoms with Crippen molar-refractivity contribution in [3.8, 4) is 0 Å². The van der Waals surface area contributed by atoms with Crippen LogP contribution in [-0.4, -0.2) is 24.0 Å². The molecule has 0 unspecified atom stereocenters. The Bertz CT molecular complexity index is 302. The second-order valence-corrected chi connectivity index (χ2v) is 4.02. The molecule has 0 aromatic carbocycles. The molecule has 1 aliphatic rings. The van der Waals surface area contributed by atoms with E-state index in [1.165, 1.54) is 19.1 Å². The van der Waals surface area contributed by atoms with Crippen LogP contribution < -0.4 is 5.32 Å². The molecule has 0 fully saturated rings. The van der Waals surface area contributed by atoms with Crippen molar-refractivity contribution < 1.29 is 14.4 Å². The Labute approximate surface area is 95.1 Å². The molecule has 0 spiro atoms. The summed E-state index contributed by atoms with van der Waals surface area (Å²) in [6, 6.07) is 0. The van der Waals surface area contributed by atoms with Crippen LogP contribution >= 0.6 is 0 Å². The first-order valence-corrected chi connectivity index (χ1v) is 5.61. The fraction of sp³-hybridized carbons (Fsp3) is 0.583. The highest BCUT2D eigenvalue weighted by Crippen LogP contribution is 2.17. The van der Waals surface area contributed by atoms with Gasteiger partial charge in [-0.3, -0.25) is 14.4 Å². The summed E-state index contributed by atoms with van der Waals surface area (Å²) in [5.74, 6) is -0.579. The zero-order valence-corrected chi connectivity index (χ0v) is 9.49. The van der Waals surface area contributed by atoms with Gasteiger partial charge in [-0.25, -0.2) is 0 Å². The molecule has 0 radical (unpaired) electrons. The standard InChI is InChI=1S/C12H17NO3/c1-9(14)13-8-4-2-3-5-10-11(15)6-7-12(10)16/h6-7,10H,2-5,8H2,1H3,(H,13,14). The zero-order valence-electron chi connectivity index (χ0n) is 9.49. The molecule has 0 aromatic heterocycles. The van der Waals surface area contributed by atoms with Gasteiger partial charge in [-0.15, -0.1) is 0 Å². The van der Waals surface area contributed by atoms with Crippen LogP contribution in [0.1, 0.15) is 32.6 Å². The first-order chi connectivity index (χ1) is 7.61. The molecule has 0 atom stereocenters. The second kappa shape index (κ2) is 6.20. The van der Waals surface area contributed by atoms with Gasteiger partial charge in [-0.1, -0.05) is 12.8 Å². The van der Waals surface area contributed by atoms with Gasteiger partial charge in [0.2, 0.25) is 5.91 Å². The third-order valence-corrected chi connectivity index (χ3v) is 2.64. The first kappa shape index (κ1) is 12.6. The average molecular weight is 223 g/mol. The molecule has 0 aliphatic heterocycles. The maximum Gasteiger partial charge on any atom is 0.216 e. The lowest BCUT2D eigenvalue weighted by atomic mass is 9.97. The maximum absolute atomic E-state index is 11.2. The van der Waals surface area contributed by atoms with E-state index in [9.17, 15) is 14.4 Å². The van der Waals surface area contributed by atoms with Crippen molar-refractivity contribution in [1.82, 2.24) is 5.32 Å². The van der Waals surface area contributed by atoms with E-state index in [-0.39, 0.29) is 17.5 Å². The van der Waals surface area contributed by atoms with Gasteiger partial charge in [0, 0.05) is 13.5 Å². The molecular weight excluding hydrogens is 206 g/mol. The van der Waals surface area contributed by atoms with Gasteiger partial charge in [-0.2, -0.15) is 0 Å². The summed E-state index contributed by atoms with van der Waals surface area (Å²) in [4.78, 5) is 33.0. The van der Waals surface area contributed by atoms with Crippen LogP contribution in [0.4, 0.5) is 0 Å². The summed E-state index contributed by atoms with van der Waals surface area (Å²) in [5, 5.41) is 2.71. The lowest BCUT2D eigenvalue weighted by Crippen LogP contribution is -2.21. The van der Waals surface area contributed by atoms with E-state index in [2.05, 4.69) is 5.32 Å². The number of allylic oxidation sites excluding steroid dienone is 2. The number of amides is 1. The summed E-state index contributed by atoms with van der Waals surface area (Å²) in [6.45, 7) is 2.15. The third kappa shape index (κ3) is 3.96. The van der Waals surface area contributed by atoms with E-state index in [0.29, 0.717) is 13.0 Å². The summed E-state index contributed by atoms with van der Waals surface area (Å²) < 4.78 is 0.